The number of nitrogens with one attached hydrogen (secondary N) is 2. The summed E-state index contributed by atoms with van der Waals surface area (Å²) in [6.45, 7) is 1.60. The molecule has 2 heterocycles. The van der Waals surface area contributed by atoms with Gasteiger partial charge in [0.2, 0.25) is 12.7 Å². The second-order valence-corrected chi connectivity index (χ2v) is 6.33. The van der Waals surface area contributed by atoms with E-state index < -0.39 is 17.6 Å². The fraction of sp³-hybridized carbons (Fsp3) is 0.150. The van der Waals surface area contributed by atoms with Crippen molar-refractivity contribution >= 4 is 17.5 Å². The first-order valence-electron chi connectivity index (χ1n) is 8.80. The molecule has 9 heteroatoms. The quantitative estimate of drug-likeness (QED) is 0.691. The van der Waals surface area contributed by atoms with E-state index in [4.69, 9.17) is 9.47 Å². The first kappa shape index (κ1) is 18.5. The molecule has 0 saturated carbocycles. The summed E-state index contributed by atoms with van der Waals surface area (Å²) in [4.78, 5) is 24.5. The van der Waals surface area contributed by atoms with E-state index in [9.17, 15) is 14.0 Å². The van der Waals surface area contributed by atoms with Crippen molar-refractivity contribution in [2.75, 3.05) is 18.7 Å². The molecule has 0 radical (unpaired) electrons. The Labute approximate surface area is 165 Å². The van der Waals surface area contributed by atoms with Gasteiger partial charge in [-0.3, -0.25) is 9.59 Å². The highest BCUT2D eigenvalue weighted by atomic mass is 19.1. The number of aryl methyl sites for hydroxylation is 1. The lowest BCUT2D eigenvalue weighted by atomic mass is 10.2. The van der Waals surface area contributed by atoms with Crippen molar-refractivity contribution in [2.45, 2.75) is 6.92 Å². The summed E-state index contributed by atoms with van der Waals surface area (Å²) >= 11 is 0. The second-order valence-electron chi connectivity index (χ2n) is 6.33. The molecular weight excluding hydrogens is 379 g/mol. The number of para-hydroxylation sites is 1. The molecule has 2 N–H and O–H groups in total. The van der Waals surface area contributed by atoms with Crippen molar-refractivity contribution in [2.24, 2.45) is 0 Å². The number of amides is 2. The van der Waals surface area contributed by atoms with Crippen LogP contribution < -0.4 is 20.1 Å². The first-order valence-corrected chi connectivity index (χ1v) is 8.80. The van der Waals surface area contributed by atoms with Gasteiger partial charge in [-0.25, -0.2) is 9.07 Å². The number of hydrogen-bond donors (Lipinski definition) is 2. The van der Waals surface area contributed by atoms with Crippen LogP contribution in [0.1, 0.15) is 16.2 Å². The molecule has 0 unspecified atom stereocenters. The molecular formula is C20H17FN4O4. The van der Waals surface area contributed by atoms with Crippen molar-refractivity contribution in [1.29, 1.82) is 0 Å². The van der Waals surface area contributed by atoms with E-state index >= 15 is 0 Å². The van der Waals surface area contributed by atoms with Crippen LogP contribution in [0, 0.1) is 12.7 Å². The van der Waals surface area contributed by atoms with Crippen LogP contribution in [-0.4, -0.2) is 34.9 Å². The second kappa shape index (κ2) is 7.63. The monoisotopic (exact) mass is 396 g/mol. The van der Waals surface area contributed by atoms with E-state index in [1.807, 2.05) is 0 Å². The van der Waals surface area contributed by atoms with Crippen LogP contribution in [0.2, 0.25) is 0 Å². The van der Waals surface area contributed by atoms with Gasteiger partial charge in [0, 0.05) is 17.4 Å². The number of hydrogen-bond acceptors (Lipinski definition) is 5. The average Bonchev–Trinajstić information content (AvgIpc) is 3.32. The molecule has 2 amide bonds. The Bertz CT molecular complexity index is 1100. The normalized spacial score (nSPS) is 11.9. The van der Waals surface area contributed by atoms with Gasteiger partial charge in [0.05, 0.1) is 6.54 Å². The van der Waals surface area contributed by atoms with Crippen LogP contribution in [0.5, 0.6) is 11.5 Å². The first-order chi connectivity index (χ1) is 14.0. The molecule has 0 fully saturated rings. The number of fused-ring (bicyclic) bond motifs is 1. The Kier molecular flexibility index (Phi) is 4.86. The van der Waals surface area contributed by atoms with Gasteiger partial charge in [0.15, 0.2) is 17.2 Å². The third kappa shape index (κ3) is 3.88. The lowest BCUT2D eigenvalue weighted by Crippen LogP contribution is -2.33. The van der Waals surface area contributed by atoms with Crippen LogP contribution in [0.25, 0.3) is 5.69 Å². The van der Waals surface area contributed by atoms with Gasteiger partial charge in [0.25, 0.3) is 5.91 Å². The molecule has 0 saturated heterocycles. The molecule has 3 aromatic rings. The Morgan fingerprint density at radius 1 is 1.14 bits per heavy atom. The lowest BCUT2D eigenvalue weighted by Gasteiger charge is -2.07. The van der Waals surface area contributed by atoms with E-state index in [0.717, 1.165) is 0 Å². The van der Waals surface area contributed by atoms with E-state index in [-0.39, 0.29) is 24.7 Å². The van der Waals surface area contributed by atoms with E-state index in [0.29, 0.717) is 22.9 Å². The summed E-state index contributed by atoms with van der Waals surface area (Å²) in [5.41, 5.74) is 1.43. The van der Waals surface area contributed by atoms with Crippen molar-refractivity contribution in [3.05, 3.63) is 65.7 Å². The zero-order valence-electron chi connectivity index (χ0n) is 15.4. The summed E-state index contributed by atoms with van der Waals surface area (Å²) in [6.07, 6.45) is 0. The minimum Gasteiger partial charge on any atom is -0.454 e. The molecule has 29 heavy (non-hydrogen) atoms. The SMILES string of the molecule is Cc1cc(C(=O)NCC(=O)Nc2ccc3c(c2)OCO3)nn1-c1ccccc1F. The lowest BCUT2D eigenvalue weighted by molar-refractivity contribution is -0.115. The van der Waals surface area contributed by atoms with Crippen molar-refractivity contribution in [3.63, 3.8) is 0 Å². The van der Waals surface area contributed by atoms with Crippen LogP contribution in [-0.2, 0) is 4.79 Å². The number of nitrogens with zero attached hydrogens (tertiary/aromatic N) is 2. The number of carbonyl (C=O) groups is 2. The fourth-order valence-electron chi connectivity index (χ4n) is 2.88. The molecule has 0 atom stereocenters. The molecule has 1 aliphatic rings. The Morgan fingerprint density at radius 3 is 2.76 bits per heavy atom. The minimum atomic E-state index is -0.538. The van der Waals surface area contributed by atoms with Crippen LogP contribution in [0.3, 0.4) is 0 Å². The minimum absolute atomic E-state index is 0.0848. The molecule has 4 rings (SSSR count). The number of rotatable bonds is 5. The number of carbonyl (C=O) groups excluding carboxylic acids is 2. The van der Waals surface area contributed by atoms with E-state index in [1.54, 1.807) is 43.3 Å². The molecule has 1 aliphatic heterocycles. The largest absolute Gasteiger partial charge is 0.454 e. The van der Waals surface area contributed by atoms with Crippen LogP contribution in [0.4, 0.5) is 10.1 Å². The highest BCUT2D eigenvalue weighted by molar-refractivity contribution is 5.98. The molecule has 8 nitrogen and oxygen atoms in total. The molecule has 0 spiro atoms. The van der Waals surface area contributed by atoms with E-state index in [2.05, 4.69) is 15.7 Å². The average molecular weight is 396 g/mol. The van der Waals surface area contributed by atoms with Crippen molar-refractivity contribution in [3.8, 4) is 17.2 Å². The molecule has 1 aromatic heterocycles. The number of anilines is 1. The smallest absolute Gasteiger partial charge is 0.272 e. The highest BCUT2D eigenvalue weighted by Gasteiger charge is 2.17. The third-order valence-corrected chi connectivity index (χ3v) is 4.27. The number of benzene rings is 2. The predicted octanol–water partition coefficient (Wildman–Crippen LogP) is 2.42. The Hall–Kier alpha value is -3.88. The summed E-state index contributed by atoms with van der Waals surface area (Å²) in [5, 5.41) is 9.31. The summed E-state index contributed by atoms with van der Waals surface area (Å²) in [7, 11) is 0. The Balaban J connectivity index is 1.38. The maximum atomic E-state index is 14.0. The van der Waals surface area contributed by atoms with Gasteiger partial charge >= 0.3 is 0 Å². The van der Waals surface area contributed by atoms with Crippen LogP contribution >= 0.6 is 0 Å². The fourth-order valence-corrected chi connectivity index (χ4v) is 2.88. The summed E-state index contributed by atoms with van der Waals surface area (Å²) in [5.74, 6) is -0.252. The van der Waals surface area contributed by atoms with Gasteiger partial charge in [-0.2, -0.15) is 5.10 Å². The maximum Gasteiger partial charge on any atom is 0.272 e. The number of ether oxygens (including phenoxy) is 2. The molecule has 148 valence electrons. The van der Waals surface area contributed by atoms with Gasteiger partial charge < -0.3 is 20.1 Å². The summed E-state index contributed by atoms with van der Waals surface area (Å²) in [6, 6.07) is 12.7. The van der Waals surface area contributed by atoms with Crippen molar-refractivity contribution < 1.29 is 23.5 Å². The third-order valence-electron chi connectivity index (χ3n) is 4.27. The van der Waals surface area contributed by atoms with Gasteiger partial charge in [-0.15, -0.1) is 0 Å². The number of halogens is 1. The standard InChI is InChI=1S/C20H17FN4O4/c1-12-8-15(24-25(12)16-5-3-2-4-14(16)21)20(27)22-10-19(26)23-13-6-7-17-18(9-13)29-11-28-17/h2-9H,10-11H2,1H3,(H,22,27)(H,23,26). The highest BCUT2D eigenvalue weighted by Crippen LogP contribution is 2.34. The van der Waals surface area contributed by atoms with Gasteiger partial charge in [-0.05, 0) is 37.3 Å². The van der Waals surface area contributed by atoms with Crippen LogP contribution in [0.15, 0.2) is 48.5 Å². The topological polar surface area (TPSA) is 94.5 Å². The van der Waals surface area contributed by atoms with Crippen molar-refractivity contribution in [1.82, 2.24) is 15.1 Å². The maximum absolute atomic E-state index is 14.0. The van der Waals surface area contributed by atoms with E-state index in [1.165, 1.54) is 16.8 Å². The predicted molar refractivity (Wildman–Crippen MR) is 102 cm³/mol. The molecule has 0 aliphatic carbocycles. The Morgan fingerprint density at radius 2 is 1.93 bits per heavy atom. The van der Waals surface area contributed by atoms with Gasteiger partial charge in [-0.1, -0.05) is 12.1 Å². The molecule has 2 aromatic carbocycles. The zero-order valence-corrected chi connectivity index (χ0v) is 15.4. The number of aromatic nitrogens is 2. The summed E-state index contributed by atoms with van der Waals surface area (Å²) < 4.78 is 25.8. The van der Waals surface area contributed by atoms with Gasteiger partial charge in [0.1, 0.15) is 11.5 Å². The molecule has 0 bridgehead atoms. The zero-order chi connectivity index (χ0) is 20.4.